The van der Waals surface area contributed by atoms with Crippen LogP contribution in [0.4, 0.5) is 0 Å². The maximum atomic E-state index is 12.2. The Kier molecular flexibility index (Phi) is 6.58. The fraction of sp³-hybridized carbons (Fsp3) is 0.850. The van der Waals surface area contributed by atoms with Gasteiger partial charge in [0.15, 0.2) is 0 Å². The molecule has 3 aliphatic rings. The van der Waals surface area contributed by atoms with Crippen molar-refractivity contribution in [3.8, 4) is 0 Å². The molecule has 0 aromatic heterocycles. The molecule has 0 spiro atoms. The molecule has 1 heterocycles. The molecule has 0 bridgehead atoms. The van der Waals surface area contributed by atoms with Crippen molar-refractivity contribution in [2.24, 2.45) is 28.6 Å². The van der Waals surface area contributed by atoms with Crippen molar-refractivity contribution in [3.05, 3.63) is 12.2 Å². The van der Waals surface area contributed by atoms with Crippen LogP contribution in [0.2, 0.25) is 0 Å². The number of ether oxygens (including phenoxy) is 1. The van der Waals surface area contributed by atoms with Crippen LogP contribution in [0.5, 0.6) is 0 Å². The van der Waals surface area contributed by atoms with Gasteiger partial charge in [0.25, 0.3) is 0 Å². The van der Waals surface area contributed by atoms with Gasteiger partial charge >= 0.3 is 17.3 Å². The fourth-order valence-electron chi connectivity index (χ4n) is 6.14. The van der Waals surface area contributed by atoms with Crippen LogP contribution in [0.1, 0.15) is 46.0 Å². The maximum Gasteiger partial charge on any atom is 0.314 e. The van der Waals surface area contributed by atoms with Gasteiger partial charge in [-0.25, -0.2) is 0 Å². The second-order valence-electron chi connectivity index (χ2n) is 9.34. The van der Waals surface area contributed by atoms with Crippen LogP contribution in [-0.2, 0) is 25.1 Å². The quantitative estimate of drug-likeness (QED) is 0.279. The van der Waals surface area contributed by atoms with Gasteiger partial charge in [0.2, 0.25) is 0 Å². The summed E-state index contributed by atoms with van der Waals surface area (Å²) in [6, 6.07) is 0. The van der Waals surface area contributed by atoms with Gasteiger partial charge in [-0.15, -0.1) is 0 Å². The Morgan fingerprint density at radius 1 is 1.34 bits per heavy atom. The van der Waals surface area contributed by atoms with E-state index in [2.05, 4.69) is 13.5 Å². The average molecular weight is 433 g/mol. The molecule has 1 saturated heterocycles. The summed E-state index contributed by atoms with van der Waals surface area (Å²) in [5.74, 6) is -1.83. The standard InChI is InChI=1S/C20H32O8S/c1-11-4-5-15-19(2,7-6-16(23)20(15,3)10-21)12(11)8-14(28-29(25)26)17-13(22)9-27-18(17)24/h12-17,21-23H,1,4-10H2,2-3H3,(H,25,26). The van der Waals surface area contributed by atoms with Gasteiger partial charge < -0.3 is 20.1 Å². The van der Waals surface area contributed by atoms with Gasteiger partial charge in [0.05, 0.1) is 18.8 Å². The maximum absolute atomic E-state index is 12.2. The highest BCUT2D eigenvalue weighted by molar-refractivity contribution is 7.74. The second kappa shape index (κ2) is 8.36. The first kappa shape index (κ1) is 22.8. The lowest BCUT2D eigenvalue weighted by molar-refractivity contribution is -0.157. The van der Waals surface area contributed by atoms with E-state index in [4.69, 9.17) is 8.92 Å². The first-order chi connectivity index (χ1) is 13.5. The van der Waals surface area contributed by atoms with E-state index in [9.17, 15) is 28.9 Å². The molecule has 2 saturated carbocycles. The van der Waals surface area contributed by atoms with Gasteiger partial charge in [-0.3, -0.25) is 13.5 Å². The summed E-state index contributed by atoms with van der Waals surface area (Å²) in [5, 5.41) is 30.9. The highest BCUT2D eigenvalue weighted by atomic mass is 32.2. The summed E-state index contributed by atoms with van der Waals surface area (Å²) >= 11 is -2.61. The van der Waals surface area contributed by atoms with Crippen LogP contribution < -0.4 is 0 Å². The van der Waals surface area contributed by atoms with Gasteiger partial charge in [0, 0.05) is 5.41 Å². The molecular weight excluding hydrogens is 400 g/mol. The highest BCUT2D eigenvalue weighted by Crippen LogP contribution is 2.62. The van der Waals surface area contributed by atoms with E-state index in [0.717, 1.165) is 12.0 Å². The molecule has 2 aliphatic carbocycles. The number of rotatable bonds is 6. The molecule has 0 radical (unpaired) electrons. The first-order valence-corrected chi connectivity index (χ1v) is 11.2. The summed E-state index contributed by atoms with van der Waals surface area (Å²) in [5.41, 5.74) is -0.0370. The molecule has 166 valence electrons. The molecule has 0 aromatic carbocycles. The Morgan fingerprint density at radius 3 is 2.59 bits per heavy atom. The number of carbonyl (C=O) groups excluding carboxylic acids is 1. The van der Waals surface area contributed by atoms with E-state index in [-0.39, 0.29) is 36.9 Å². The first-order valence-electron chi connectivity index (χ1n) is 10.1. The number of hydrogen-bond donors (Lipinski definition) is 4. The summed E-state index contributed by atoms with van der Waals surface area (Å²) in [7, 11) is 0. The monoisotopic (exact) mass is 432 g/mol. The smallest absolute Gasteiger partial charge is 0.314 e. The molecule has 0 aromatic rings. The van der Waals surface area contributed by atoms with Crippen molar-refractivity contribution >= 4 is 17.3 Å². The Bertz CT molecular complexity index is 683. The largest absolute Gasteiger partial charge is 0.463 e. The molecule has 9 atom stereocenters. The third kappa shape index (κ3) is 3.93. The van der Waals surface area contributed by atoms with Crippen molar-refractivity contribution in [2.75, 3.05) is 13.2 Å². The van der Waals surface area contributed by atoms with E-state index in [1.807, 2.05) is 6.92 Å². The molecule has 29 heavy (non-hydrogen) atoms. The number of hydrogen-bond acceptors (Lipinski definition) is 7. The number of aliphatic hydroxyl groups is 3. The Labute approximate surface area is 173 Å². The van der Waals surface area contributed by atoms with Crippen LogP contribution in [0.3, 0.4) is 0 Å². The topological polar surface area (TPSA) is 134 Å². The lowest BCUT2D eigenvalue weighted by Gasteiger charge is -2.60. The summed E-state index contributed by atoms with van der Waals surface area (Å²) in [6.07, 6.45) is 0.214. The molecule has 0 amide bonds. The average Bonchev–Trinajstić information content (AvgIpc) is 2.99. The zero-order valence-corrected chi connectivity index (χ0v) is 17.8. The predicted octanol–water partition coefficient (Wildman–Crippen LogP) is 1.17. The fourth-order valence-corrected chi connectivity index (χ4v) is 6.55. The number of esters is 1. The van der Waals surface area contributed by atoms with Gasteiger partial charge in [-0.2, -0.15) is 4.21 Å². The van der Waals surface area contributed by atoms with Crippen molar-refractivity contribution in [3.63, 3.8) is 0 Å². The van der Waals surface area contributed by atoms with Crippen molar-refractivity contribution in [2.45, 2.75) is 64.3 Å². The Morgan fingerprint density at radius 2 is 2.03 bits per heavy atom. The number of aliphatic hydroxyl groups excluding tert-OH is 3. The lowest BCUT2D eigenvalue weighted by Crippen LogP contribution is -2.58. The summed E-state index contributed by atoms with van der Waals surface area (Å²) in [6.45, 7) is 7.92. The third-order valence-corrected chi connectivity index (χ3v) is 8.26. The van der Waals surface area contributed by atoms with E-state index in [0.29, 0.717) is 19.3 Å². The third-order valence-electron chi connectivity index (χ3n) is 7.85. The summed E-state index contributed by atoms with van der Waals surface area (Å²) in [4.78, 5) is 12.2. The molecule has 4 N–H and O–H groups in total. The minimum absolute atomic E-state index is 0.0139. The lowest BCUT2D eigenvalue weighted by atomic mass is 9.46. The van der Waals surface area contributed by atoms with Gasteiger partial charge in [-0.05, 0) is 49.4 Å². The minimum Gasteiger partial charge on any atom is -0.463 e. The Balaban J connectivity index is 1.93. The highest BCUT2D eigenvalue weighted by Gasteiger charge is 2.58. The van der Waals surface area contributed by atoms with Crippen LogP contribution in [-0.4, -0.2) is 61.6 Å². The summed E-state index contributed by atoms with van der Waals surface area (Å²) < 4.78 is 30.8. The molecule has 1 aliphatic heterocycles. The number of carbonyl (C=O) groups is 1. The zero-order chi connectivity index (χ0) is 21.6. The van der Waals surface area contributed by atoms with Crippen molar-refractivity contribution < 1.29 is 37.8 Å². The number of fused-ring (bicyclic) bond motifs is 1. The van der Waals surface area contributed by atoms with E-state index < -0.39 is 47.0 Å². The normalized spacial score (nSPS) is 44.8. The molecule has 3 fully saturated rings. The van der Waals surface area contributed by atoms with E-state index >= 15 is 0 Å². The van der Waals surface area contributed by atoms with Gasteiger partial charge in [0.1, 0.15) is 18.6 Å². The van der Waals surface area contributed by atoms with Crippen molar-refractivity contribution in [1.29, 1.82) is 0 Å². The predicted molar refractivity (Wildman–Crippen MR) is 105 cm³/mol. The molecule has 8 nitrogen and oxygen atoms in total. The zero-order valence-electron chi connectivity index (χ0n) is 17.0. The van der Waals surface area contributed by atoms with E-state index in [1.165, 1.54) is 0 Å². The minimum atomic E-state index is -2.61. The van der Waals surface area contributed by atoms with Crippen molar-refractivity contribution in [1.82, 2.24) is 0 Å². The SMILES string of the molecule is C=C1CCC2C(C)(CO)C(O)CCC2(C)C1CC(OS(=O)O)C1C(=O)OCC1O. The number of allylic oxidation sites excluding steroid dienone is 1. The van der Waals surface area contributed by atoms with Crippen LogP contribution in [0.25, 0.3) is 0 Å². The van der Waals surface area contributed by atoms with Crippen LogP contribution in [0.15, 0.2) is 12.2 Å². The second-order valence-corrected chi connectivity index (χ2v) is 9.96. The molecular formula is C20H32O8S. The Hall–Kier alpha value is -0.840. The molecule has 9 unspecified atom stereocenters. The molecule has 9 heteroatoms. The number of cyclic esters (lactones) is 1. The molecule has 3 rings (SSSR count). The van der Waals surface area contributed by atoms with Crippen LogP contribution >= 0.6 is 0 Å². The van der Waals surface area contributed by atoms with Crippen LogP contribution in [0, 0.1) is 28.6 Å². The van der Waals surface area contributed by atoms with Gasteiger partial charge in [-0.1, -0.05) is 26.0 Å². The van der Waals surface area contributed by atoms with E-state index in [1.54, 1.807) is 0 Å².